The van der Waals surface area contributed by atoms with Crippen LogP contribution in [0.25, 0.3) is 111 Å². The molecule has 11 aromatic rings. The minimum Gasteiger partial charge on any atom is -0.455 e. The van der Waals surface area contributed by atoms with Crippen LogP contribution in [0.4, 0.5) is 0 Å². The van der Waals surface area contributed by atoms with Crippen LogP contribution in [0.2, 0.25) is 0 Å². The summed E-state index contributed by atoms with van der Waals surface area (Å²) in [4.78, 5) is 10.6. The van der Waals surface area contributed by atoms with Crippen molar-refractivity contribution in [1.82, 2.24) is 9.97 Å². The van der Waals surface area contributed by atoms with E-state index < -0.39 is 0 Å². The topological polar surface area (TPSA) is 78.3 Å². The van der Waals surface area contributed by atoms with Crippen LogP contribution in [0.3, 0.4) is 0 Å². The van der Waals surface area contributed by atoms with Crippen LogP contribution in [-0.4, -0.2) is 9.97 Å². The van der Waals surface area contributed by atoms with Gasteiger partial charge in [-0.3, -0.25) is 0 Å². The predicted octanol–water partition coefficient (Wildman–Crippen LogP) is 11.9. The lowest BCUT2D eigenvalue weighted by Crippen LogP contribution is -1.96. The van der Waals surface area contributed by atoms with E-state index in [-0.39, 0.29) is 0 Å². The summed E-state index contributed by atoms with van der Waals surface area (Å²) in [7, 11) is 0. The molecule has 0 unspecified atom stereocenters. The van der Waals surface area contributed by atoms with Crippen LogP contribution >= 0.6 is 0 Å². The third-order valence-corrected chi connectivity index (χ3v) is 9.31. The highest BCUT2D eigenvalue weighted by atomic mass is 16.4. The number of hydrogen-bond donors (Lipinski definition) is 0. The fraction of sp³-hybridized carbons (Fsp3) is 0. The van der Waals surface area contributed by atoms with E-state index in [4.69, 9.17) is 27.6 Å². The van der Waals surface area contributed by atoms with Crippen molar-refractivity contribution < 1.29 is 17.7 Å². The minimum atomic E-state index is 0.490. The van der Waals surface area contributed by atoms with Crippen molar-refractivity contribution in [2.24, 2.45) is 0 Å². The molecule has 0 N–H and O–H groups in total. The molecule has 5 heterocycles. The molecule has 0 bridgehead atoms. The van der Waals surface area contributed by atoms with E-state index in [0.29, 0.717) is 39.4 Å². The Morgan fingerprint density at radius 1 is 0.354 bits per heavy atom. The number of fused-ring (bicyclic) bond motifs is 11. The molecule has 0 aliphatic carbocycles. The van der Waals surface area contributed by atoms with E-state index in [0.717, 1.165) is 71.5 Å². The Labute approximate surface area is 271 Å². The van der Waals surface area contributed by atoms with Gasteiger partial charge in [-0.25, -0.2) is 9.97 Å². The zero-order valence-corrected chi connectivity index (χ0v) is 25.2. The second-order valence-electron chi connectivity index (χ2n) is 12.0. The molecule has 224 valence electrons. The van der Waals surface area contributed by atoms with Crippen LogP contribution < -0.4 is 0 Å². The highest BCUT2D eigenvalue weighted by Gasteiger charge is 2.30. The van der Waals surface area contributed by atoms with E-state index in [1.54, 1.807) is 0 Å². The third-order valence-electron chi connectivity index (χ3n) is 9.31. The molecule has 0 spiro atoms. The number of aromatic nitrogens is 2. The smallest absolute Gasteiger partial charge is 0.200 e. The van der Waals surface area contributed by atoms with Crippen molar-refractivity contribution in [2.75, 3.05) is 0 Å². The zero-order chi connectivity index (χ0) is 31.3. The molecule has 11 rings (SSSR count). The van der Waals surface area contributed by atoms with E-state index in [1.807, 2.05) is 109 Å². The van der Waals surface area contributed by atoms with Crippen LogP contribution in [0, 0.1) is 0 Å². The van der Waals surface area contributed by atoms with Crippen LogP contribution in [0.1, 0.15) is 0 Å². The van der Waals surface area contributed by atoms with Gasteiger partial charge in [0.15, 0.2) is 28.1 Å². The van der Waals surface area contributed by atoms with Crippen molar-refractivity contribution >= 4 is 77.1 Å². The molecule has 48 heavy (non-hydrogen) atoms. The minimum absolute atomic E-state index is 0.490. The summed E-state index contributed by atoms with van der Waals surface area (Å²) in [6, 6.07) is 44.5. The Morgan fingerprint density at radius 2 is 0.854 bits per heavy atom. The summed E-state index contributed by atoms with van der Waals surface area (Å²) >= 11 is 0. The lowest BCUT2D eigenvalue weighted by molar-refractivity contribution is 0.653. The molecular weight excluding hydrogens is 596 g/mol. The van der Waals surface area contributed by atoms with Gasteiger partial charge in [0.05, 0.1) is 10.9 Å². The van der Waals surface area contributed by atoms with Gasteiger partial charge in [0.2, 0.25) is 0 Å². The van der Waals surface area contributed by atoms with Crippen LogP contribution in [-0.2, 0) is 0 Å². The van der Waals surface area contributed by atoms with Crippen molar-refractivity contribution in [3.8, 4) is 33.8 Å². The quantitative estimate of drug-likeness (QED) is 0.196. The first kappa shape index (κ1) is 25.5. The van der Waals surface area contributed by atoms with Gasteiger partial charge in [0.1, 0.15) is 33.6 Å². The van der Waals surface area contributed by atoms with E-state index in [2.05, 4.69) is 24.3 Å². The number of para-hydroxylation sites is 3. The highest BCUT2D eigenvalue weighted by molar-refractivity contribution is 6.30. The molecule has 0 amide bonds. The van der Waals surface area contributed by atoms with Gasteiger partial charge in [0.25, 0.3) is 0 Å². The van der Waals surface area contributed by atoms with Crippen molar-refractivity contribution in [2.45, 2.75) is 0 Å². The Hall–Kier alpha value is -6.66. The second-order valence-corrected chi connectivity index (χ2v) is 12.0. The normalized spacial score (nSPS) is 12.2. The first-order chi connectivity index (χ1) is 23.8. The molecular formula is C42H22N2O4. The maximum atomic E-state index is 6.83. The molecule has 5 aromatic heterocycles. The molecule has 6 aromatic carbocycles. The van der Waals surface area contributed by atoms with E-state index in [1.165, 1.54) is 0 Å². The molecule has 0 saturated heterocycles. The maximum Gasteiger partial charge on any atom is 0.200 e. The molecule has 0 radical (unpaired) electrons. The largest absolute Gasteiger partial charge is 0.455 e. The van der Waals surface area contributed by atoms with Crippen molar-refractivity contribution in [1.29, 1.82) is 0 Å². The molecule has 0 fully saturated rings. The Balaban J connectivity index is 1.38. The van der Waals surface area contributed by atoms with Gasteiger partial charge in [0, 0.05) is 32.7 Å². The molecule has 0 saturated carbocycles. The molecule has 6 nitrogen and oxygen atoms in total. The molecule has 0 aliphatic rings. The Kier molecular flexibility index (Phi) is 5.02. The maximum absolute atomic E-state index is 6.83. The molecule has 6 heteroatoms. The standard InChI is InChI=1S/C42H22N2O4/c1-3-13-23(14-4-1)31-32-25-17-7-10-20-28(25)46-39(32)34(33-26-18-8-11-21-29(26)45-38(31)33)42-43-35(24-15-5-2-6-16-24)40-36(44-42)41-37(48-40)27-19-9-12-22-30(27)47-41/h1-22H. The SMILES string of the molecule is c1ccc(-c2nc(-c3c4oc5ccccc5c4c(-c4ccccc4)c4oc5ccccc5c34)nc3c2oc2c4ccccc4oc32)cc1. The number of nitrogens with zero attached hydrogens (tertiary/aromatic N) is 2. The summed E-state index contributed by atoms with van der Waals surface area (Å²) in [6.45, 7) is 0. The summed E-state index contributed by atoms with van der Waals surface area (Å²) < 4.78 is 26.6. The van der Waals surface area contributed by atoms with Gasteiger partial charge in [-0.05, 0) is 29.8 Å². The molecule has 0 aliphatic heterocycles. The summed E-state index contributed by atoms with van der Waals surface area (Å²) in [5, 5.41) is 4.67. The fourth-order valence-corrected chi connectivity index (χ4v) is 7.25. The second kappa shape index (κ2) is 9.44. The van der Waals surface area contributed by atoms with Crippen molar-refractivity contribution in [3.63, 3.8) is 0 Å². The summed E-state index contributed by atoms with van der Waals surface area (Å²) in [6.07, 6.45) is 0. The number of furan rings is 4. The number of benzene rings is 6. The molecule has 0 atom stereocenters. The van der Waals surface area contributed by atoms with Gasteiger partial charge < -0.3 is 17.7 Å². The third kappa shape index (κ3) is 3.40. The Bertz CT molecular complexity index is 3050. The predicted molar refractivity (Wildman–Crippen MR) is 190 cm³/mol. The van der Waals surface area contributed by atoms with E-state index in [9.17, 15) is 0 Å². The number of rotatable bonds is 3. The first-order valence-electron chi connectivity index (χ1n) is 15.8. The van der Waals surface area contributed by atoms with Gasteiger partial charge in [-0.2, -0.15) is 0 Å². The Morgan fingerprint density at radius 3 is 1.52 bits per heavy atom. The zero-order valence-electron chi connectivity index (χ0n) is 25.2. The lowest BCUT2D eigenvalue weighted by atomic mass is 9.93. The van der Waals surface area contributed by atoms with Crippen molar-refractivity contribution in [3.05, 3.63) is 133 Å². The lowest BCUT2D eigenvalue weighted by Gasteiger charge is -2.11. The van der Waals surface area contributed by atoms with Crippen LogP contribution in [0.15, 0.2) is 151 Å². The van der Waals surface area contributed by atoms with E-state index >= 15 is 0 Å². The first-order valence-corrected chi connectivity index (χ1v) is 15.8. The van der Waals surface area contributed by atoms with Crippen LogP contribution in [0.5, 0.6) is 0 Å². The summed E-state index contributed by atoms with van der Waals surface area (Å²) in [5.74, 6) is 0.490. The summed E-state index contributed by atoms with van der Waals surface area (Å²) in [5.41, 5.74) is 10.5. The van der Waals surface area contributed by atoms with Gasteiger partial charge in [-0.1, -0.05) is 109 Å². The average molecular weight is 619 g/mol. The monoisotopic (exact) mass is 618 g/mol. The average Bonchev–Trinajstić information content (AvgIpc) is 3.90. The van der Waals surface area contributed by atoms with Gasteiger partial charge >= 0.3 is 0 Å². The number of hydrogen-bond acceptors (Lipinski definition) is 6. The highest BCUT2D eigenvalue weighted by Crippen LogP contribution is 2.50. The fourth-order valence-electron chi connectivity index (χ4n) is 7.25. The van der Waals surface area contributed by atoms with Gasteiger partial charge in [-0.15, -0.1) is 0 Å².